The zero-order valence-electron chi connectivity index (χ0n) is 11.2. The van der Waals surface area contributed by atoms with Gasteiger partial charge in [0.25, 0.3) is 0 Å². The Hall–Kier alpha value is 0.0649. The van der Waals surface area contributed by atoms with E-state index < -0.39 is 0 Å². The predicted octanol–water partition coefficient (Wildman–Crippen LogP) is 5.03. The maximum Gasteiger partial charge on any atom is 0.146 e. The fraction of sp³-hybridized carbons (Fsp3) is 1.00. The molecule has 2 heterocycles. The van der Waals surface area contributed by atoms with Crippen LogP contribution in [0.1, 0.15) is 64.2 Å². The zero-order valence-corrected chi connectivity index (χ0v) is 11.2. The molecule has 2 aliphatic heterocycles. The highest BCUT2D eigenvalue weighted by molar-refractivity contribution is 6.62. The van der Waals surface area contributed by atoms with Crippen molar-refractivity contribution in [3.05, 3.63) is 0 Å². The van der Waals surface area contributed by atoms with Gasteiger partial charge in [0.2, 0.25) is 0 Å². The van der Waals surface area contributed by atoms with E-state index in [1.165, 1.54) is 18.5 Å². The summed E-state index contributed by atoms with van der Waals surface area (Å²) >= 11 is 0. The molecule has 2 saturated carbocycles. The average molecular weight is 230 g/mol. The summed E-state index contributed by atoms with van der Waals surface area (Å²) in [5, 5.41) is 0. The fourth-order valence-electron chi connectivity index (χ4n) is 6.21. The molecule has 2 saturated heterocycles. The van der Waals surface area contributed by atoms with Gasteiger partial charge in [0.1, 0.15) is 6.71 Å². The summed E-state index contributed by atoms with van der Waals surface area (Å²) < 4.78 is 0. The van der Waals surface area contributed by atoms with Gasteiger partial charge in [-0.3, -0.25) is 0 Å². The summed E-state index contributed by atoms with van der Waals surface area (Å²) in [4.78, 5) is 0. The van der Waals surface area contributed by atoms with Crippen molar-refractivity contribution < 1.29 is 0 Å². The van der Waals surface area contributed by atoms with Crippen molar-refractivity contribution in [3.63, 3.8) is 0 Å². The fourth-order valence-corrected chi connectivity index (χ4v) is 6.21. The van der Waals surface area contributed by atoms with Gasteiger partial charge in [0.05, 0.1) is 0 Å². The van der Waals surface area contributed by atoms with E-state index in [2.05, 4.69) is 0 Å². The summed E-state index contributed by atoms with van der Waals surface area (Å²) in [5.41, 5.74) is 0. The first kappa shape index (κ1) is 10.9. The molecule has 17 heavy (non-hydrogen) atoms. The first-order valence-corrected chi connectivity index (χ1v) is 8.40. The van der Waals surface area contributed by atoms with Gasteiger partial charge in [0.15, 0.2) is 0 Å². The van der Waals surface area contributed by atoms with E-state index in [1.54, 1.807) is 70.5 Å². The van der Waals surface area contributed by atoms with Crippen LogP contribution in [0.3, 0.4) is 0 Å². The first-order chi connectivity index (χ1) is 8.40. The molecular formula is C16H27B. The van der Waals surface area contributed by atoms with Crippen molar-refractivity contribution in [2.24, 2.45) is 17.8 Å². The van der Waals surface area contributed by atoms with Crippen LogP contribution >= 0.6 is 0 Å². The van der Waals surface area contributed by atoms with Gasteiger partial charge in [-0.05, 0) is 37.0 Å². The van der Waals surface area contributed by atoms with Crippen LogP contribution in [0, 0.1) is 17.8 Å². The van der Waals surface area contributed by atoms with Crippen LogP contribution in [-0.2, 0) is 0 Å². The van der Waals surface area contributed by atoms with Crippen LogP contribution in [0.2, 0.25) is 18.0 Å². The van der Waals surface area contributed by atoms with E-state index in [0.29, 0.717) is 0 Å². The quantitative estimate of drug-likeness (QED) is 0.584. The predicted molar refractivity (Wildman–Crippen MR) is 74.7 cm³/mol. The maximum atomic E-state index is 1.65. The van der Waals surface area contributed by atoms with Gasteiger partial charge in [0, 0.05) is 0 Å². The lowest BCUT2D eigenvalue weighted by molar-refractivity contribution is 0.347. The lowest BCUT2D eigenvalue weighted by Crippen LogP contribution is -2.36. The second-order valence-corrected chi connectivity index (χ2v) is 7.72. The summed E-state index contributed by atoms with van der Waals surface area (Å²) in [6, 6.07) is 0. The Kier molecular flexibility index (Phi) is 2.78. The van der Waals surface area contributed by atoms with Crippen LogP contribution in [0.15, 0.2) is 0 Å². The number of hydrogen-bond donors (Lipinski definition) is 0. The summed E-state index contributed by atoms with van der Waals surface area (Å²) in [6.07, 6.45) is 17.5. The van der Waals surface area contributed by atoms with E-state index in [-0.39, 0.29) is 0 Å². The van der Waals surface area contributed by atoms with E-state index >= 15 is 0 Å². The Morgan fingerprint density at radius 1 is 0.765 bits per heavy atom. The van der Waals surface area contributed by atoms with Crippen LogP contribution in [0.25, 0.3) is 0 Å². The van der Waals surface area contributed by atoms with Gasteiger partial charge < -0.3 is 0 Å². The van der Waals surface area contributed by atoms with Crippen LogP contribution < -0.4 is 0 Å². The van der Waals surface area contributed by atoms with E-state index in [9.17, 15) is 0 Å². The third-order valence-electron chi connectivity index (χ3n) is 6.97. The van der Waals surface area contributed by atoms with Crippen molar-refractivity contribution in [2.75, 3.05) is 0 Å². The Morgan fingerprint density at radius 3 is 2.00 bits per heavy atom. The highest BCUT2D eigenvalue weighted by Crippen LogP contribution is 2.54. The van der Waals surface area contributed by atoms with Gasteiger partial charge in [-0.2, -0.15) is 0 Å². The molecule has 1 heteroatoms. The third-order valence-corrected chi connectivity index (χ3v) is 6.97. The molecule has 0 amide bonds. The SMILES string of the molecule is C1CC2CCCC(C1)B2C[C@@H]1C[C@H]2CC[C@@H]1C2. The Bertz CT molecular complexity index is 265. The molecule has 2 aliphatic carbocycles. The smallest absolute Gasteiger partial charge is 0.0706 e. The Morgan fingerprint density at radius 2 is 1.47 bits per heavy atom. The second kappa shape index (κ2) is 4.32. The number of hydrogen-bond acceptors (Lipinski definition) is 0. The topological polar surface area (TPSA) is 0 Å². The molecule has 0 spiro atoms. The highest BCUT2D eigenvalue weighted by atomic mass is 14.4. The van der Waals surface area contributed by atoms with Gasteiger partial charge in [-0.1, -0.05) is 62.9 Å². The van der Waals surface area contributed by atoms with Gasteiger partial charge in [-0.15, -0.1) is 0 Å². The van der Waals surface area contributed by atoms with E-state index in [0.717, 1.165) is 17.6 Å². The maximum absolute atomic E-state index is 1.65. The molecule has 0 nitrogen and oxygen atoms in total. The molecule has 4 bridgehead atoms. The Labute approximate surface area is 107 Å². The number of rotatable bonds is 2. The van der Waals surface area contributed by atoms with Gasteiger partial charge >= 0.3 is 0 Å². The third kappa shape index (κ3) is 1.88. The van der Waals surface area contributed by atoms with Gasteiger partial charge in [-0.25, -0.2) is 0 Å². The lowest BCUT2D eigenvalue weighted by atomic mass is 9.25. The summed E-state index contributed by atoms with van der Waals surface area (Å²) in [6.45, 7) is 1.17. The molecular weight excluding hydrogens is 203 g/mol. The second-order valence-electron chi connectivity index (χ2n) is 7.72. The van der Waals surface area contributed by atoms with Crippen molar-refractivity contribution >= 4 is 6.71 Å². The van der Waals surface area contributed by atoms with Crippen molar-refractivity contribution in [3.8, 4) is 0 Å². The van der Waals surface area contributed by atoms with E-state index in [4.69, 9.17) is 0 Å². The molecule has 4 aliphatic rings. The van der Waals surface area contributed by atoms with Crippen LogP contribution in [0.4, 0.5) is 0 Å². The van der Waals surface area contributed by atoms with Crippen LogP contribution in [-0.4, -0.2) is 6.71 Å². The van der Waals surface area contributed by atoms with Crippen molar-refractivity contribution in [2.45, 2.75) is 82.2 Å². The molecule has 0 unspecified atom stereocenters. The lowest BCUT2D eigenvalue weighted by Gasteiger charge is -2.42. The monoisotopic (exact) mass is 230 g/mol. The minimum absolute atomic E-state index is 1.15. The molecule has 0 N–H and O–H groups in total. The molecule has 4 rings (SSSR count). The number of fused-ring (bicyclic) bond motifs is 4. The van der Waals surface area contributed by atoms with E-state index in [1.807, 2.05) is 0 Å². The standard InChI is InChI=1S/C16H27B/c1-3-15-5-2-6-16(4-1)17(15)11-14-10-12-7-8-13(14)9-12/h12-16H,1-11H2/t12-,13+,14-,15?,16?/m0/s1. The van der Waals surface area contributed by atoms with Crippen LogP contribution in [0.5, 0.6) is 0 Å². The normalized spacial score (nSPS) is 48.7. The minimum atomic E-state index is 1.15. The largest absolute Gasteiger partial charge is 0.146 e. The van der Waals surface area contributed by atoms with Crippen molar-refractivity contribution in [1.82, 2.24) is 0 Å². The molecule has 94 valence electrons. The minimum Gasteiger partial charge on any atom is -0.0706 e. The molecule has 0 aromatic rings. The Balaban J connectivity index is 1.44. The first-order valence-electron chi connectivity index (χ1n) is 8.40. The summed E-state index contributed by atoms with van der Waals surface area (Å²) in [5.74, 6) is 5.80. The molecule has 0 aromatic heterocycles. The highest BCUT2D eigenvalue weighted by Gasteiger charge is 2.45. The van der Waals surface area contributed by atoms with Crippen molar-refractivity contribution in [1.29, 1.82) is 0 Å². The summed E-state index contributed by atoms with van der Waals surface area (Å²) in [7, 11) is 0. The molecule has 3 atom stereocenters. The molecule has 0 radical (unpaired) electrons. The average Bonchev–Trinajstić information content (AvgIpc) is 2.90. The molecule has 0 aromatic carbocycles. The molecule has 4 fully saturated rings. The zero-order chi connectivity index (χ0) is 11.2.